The van der Waals surface area contributed by atoms with Gasteiger partial charge in [0.1, 0.15) is 12.3 Å². The van der Waals surface area contributed by atoms with Crippen molar-refractivity contribution in [2.45, 2.75) is 19.8 Å². The maximum absolute atomic E-state index is 8.52. The van der Waals surface area contributed by atoms with Crippen molar-refractivity contribution in [2.24, 2.45) is 0 Å². The van der Waals surface area contributed by atoms with Crippen molar-refractivity contribution < 1.29 is 0 Å². The van der Waals surface area contributed by atoms with Gasteiger partial charge in [0.2, 0.25) is 0 Å². The van der Waals surface area contributed by atoms with Crippen molar-refractivity contribution in [3.05, 3.63) is 29.6 Å². The molecule has 1 rings (SSSR count). The zero-order chi connectivity index (χ0) is 8.27. The number of pyridine rings is 1. The molecule has 0 unspecified atom stereocenters. The molecule has 0 aliphatic carbocycles. The van der Waals surface area contributed by atoms with Crippen molar-refractivity contribution in [1.29, 1.82) is 5.26 Å². The van der Waals surface area contributed by atoms with E-state index in [1.165, 1.54) is 0 Å². The standard InChI is InChI=1S/C9H9N2/c1-7(2)9-3-8(4-10)5-11-6-9/h3,6-7H,1-2H3. The molecule has 1 aromatic heterocycles. The Bertz CT molecular complexity index is 284. The maximum Gasteiger partial charge on any atom is 0.108 e. The molecule has 1 aromatic rings. The van der Waals surface area contributed by atoms with Gasteiger partial charge in [0.25, 0.3) is 0 Å². The third kappa shape index (κ3) is 1.78. The second-order valence-electron chi connectivity index (χ2n) is 2.69. The number of aromatic nitrogens is 1. The van der Waals surface area contributed by atoms with E-state index < -0.39 is 0 Å². The first-order valence-electron chi connectivity index (χ1n) is 3.51. The first-order chi connectivity index (χ1) is 5.24. The highest BCUT2D eigenvalue weighted by Crippen LogP contribution is 2.12. The van der Waals surface area contributed by atoms with Gasteiger partial charge in [-0.15, -0.1) is 0 Å². The molecule has 0 atom stereocenters. The van der Waals surface area contributed by atoms with Crippen LogP contribution in [0.15, 0.2) is 12.3 Å². The lowest BCUT2D eigenvalue weighted by atomic mass is 10.0. The summed E-state index contributed by atoms with van der Waals surface area (Å²) in [6.45, 7) is 4.14. The molecule has 0 aliphatic rings. The topological polar surface area (TPSA) is 36.7 Å². The summed E-state index contributed by atoms with van der Waals surface area (Å²) >= 11 is 0. The van der Waals surface area contributed by atoms with Crippen molar-refractivity contribution >= 4 is 0 Å². The lowest BCUT2D eigenvalue weighted by Gasteiger charge is -2.02. The number of hydrogen-bond donors (Lipinski definition) is 0. The minimum atomic E-state index is 0.421. The van der Waals surface area contributed by atoms with Crippen molar-refractivity contribution in [3.63, 3.8) is 0 Å². The van der Waals surface area contributed by atoms with Crippen LogP contribution >= 0.6 is 0 Å². The summed E-state index contributed by atoms with van der Waals surface area (Å²) in [5.74, 6) is 0.421. The van der Waals surface area contributed by atoms with Crippen molar-refractivity contribution in [2.75, 3.05) is 0 Å². The first kappa shape index (κ1) is 7.74. The largest absolute Gasteiger partial charge is 0.253 e. The summed E-state index contributed by atoms with van der Waals surface area (Å²) in [5.41, 5.74) is 1.59. The van der Waals surface area contributed by atoms with Crippen molar-refractivity contribution in [1.82, 2.24) is 4.98 Å². The highest BCUT2D eigenvalue weighted by molar-refractivity contribution is 5.29. The molecule has 0 saturated carbocycles. The highest BCUT2D eigenvalue weighted by Gasteiger charge is 1.99. The fourth-order valence-corrected chi connectivity index (χ4v) is 0.786. The van der Waals surface area contributed by atoms with E-state index in [1.54, 1.807) is 6.20 Å². The Morgan fingerprint density at radius 1 is 1.64 bits per heavy atom. The van der Waals surface area contributed by atoms with Crippen LogP contribution in [0.5, 0.6) is 0 Å². The Hall–Kier alpha value is -1.36. The first-order valence-corrected chi connectivity index (χ1v) is 3.51. The van der Waals surface area contributed by atoms with Crippen LogP contribution < -0.4 is 0 Å². The van der Waals surface area contributed by atoms with E-state index in [1.807, 2.05) is 12.1 Å². The highest BCUT2D eigenvalue weighted by atomic mass is 14.6. The maximum atomic E-state index is 8.52. The molecule has 0 amide bonds. The molecule has 11 heavy (non-hydrogen) atoms. The lowest BCUT2D eigenvalue weighted by molar-refractivity contribution is 0.856. The molecule has 1 radical (unpaired) electrons. The molecule has 0 aliphatic heterocycles. The second kappa shape index (κ2) is 3.16. The van der Waals surface area contributed by atoms with Crippen molar-refractivity contribution in [3.8, 4) is 6.07 Å². The molecule has 0 N–H and O–H groups in total. The molecular formula is C9H9N2. The van der Waals surface area contributed by atoms with Crippen LogP contribution in [0.2, 0.25) is 0 Å². The third-order valence-corrected chi connectivity index (χ3v) is 1.50. The number of nitrogens with zero attached hydrogens (tertiary/aromatic N) is 2. The molecule has 2 nitrogen and oxygen atoms in total. The lowest BCUT2D eigenvalue weighted by Crippen LogP contribution is -1.89. The Labute approximate surface area is 66.5 Å². The zero-order valence-corrected chi connectivity index (χ0v) is 6.63. The van der Waals surface area contributed by atoms with E-state index in [0.29, 0.717) is 11.5 Å². The van der Waals surface area contributed by atoms with Gasteiger partial charge in [-0.3, -0.25) is 4.98 Å². The van der Waals surface area contributed by atoms with E-state index >= 15 is 0 Å². The van der Waals surface area contributed by atoms with Crippen LogP contribution in [0.3, 0.4) is 0 Å². The smallest absolute Gasteiger partial charge is 0.108 e. The SMILES string of the molecule is CC(C)c1cn[c]c(C#N)c1. The molecule has 0 fully saturated rings. The van der Waals surface area contributed by atoms with Crippen LogP contribution in [0.1, 0.15) is 30.9 Å². The Morgan fingerprint density at radius 3 is 2.91 bits per heavy atom. The average molecular weight is 145 g/mol. The van der Waals surface area contributed by atoms with E-state index in [4.69, 9.17) is 5.26 Å². The number of rotatable bonds is 1. The van der Waals surface area contributed by atoms with Gasteiger partial charge in [0.05, 0.1) is 5.56 Å². The van der Waals surface area contributed by atoms with Gasteiger partial charge in [-0.1, -0.05) is 13.8 Å². The van der Waals surface area contributed by atoms with E-state index in [9.17, 15) is 0 Å². The van der Waals surface area contributed by atoms with E-state index in [0.717, 1.165) is 5.56 Å². The predicted molar refractivity (Wildman–Crippen MR) is 41.9 cm³/mol. The van der Waals surface area contributed by atoms with Gasteiger partial charge in [-0.05, 0) is 17.5 Å². The Morgan fingerprint density at radius 2 is 2.36 bits per heavy atom. The number of nitriles is 1. The van der Waals surface area contributed by atoms with E-state index in [-0.39, 0.29) is 0 Å². The molecule has 1 heterocycles. The summed E-state index contributed by atoms with van der Waals surface area (Å²) in [4.78, 5) is 3.83. The fourth-order valence-electron chi connectivity index (χ4n) is 0.786. The van der Waals surface area contributed by atoms with Crippen LogP contribution in [0.25, 0.3) is 0 Å². The van der Waals surface area contributed by atoms with Gasteiger partial charge >= 0.3 is 0 Å². The van der Waals surface area contributed by atoms with Crippen LogP contribution in [0, 0.1) is 17.5 Å². The van der Waals surface area contributed by atoms with Crippen LogP contribution in [0.4, 0.5) is 0 Å². The fraction of sp³-hybridized carbons (Fsp3) is 0.333. The van der Waals surface area contributed by atoms with Crippen LogP contribution in [-0.2, 0) is 0 Å². The summed E-state index contributed by atoms with van der Waals surface area (Å²) in [6, 6.07) is 3.82. The predicted octanol–water partition coefficient (Wildman–Crippen LogP) is 1.88. The molecule has 2 heteroatoms. The van der Waals surface area contributed by atoms with E-state index in [2.05, 4.69) is 25.0 Å². The van der Waals surface area contributed by atoms with Gasteiger partial charge in [0, 0.05) is 6.20 Å². The monoisotopic (exact) mass is 145 g/mol. The van der Waals surface area contributed by atoms with Gasteiger partial charge in [-0.25, -0.2) is 0 Å². The van der Waals surface area contributed by atoms with Gasteiger partial charge in [-0.2, -0.15) is 5.26 Å². The minimum Gasteiger partial charge on any atom is -0.253 e. The summed E-state index contributed by atoms with van der Waals surface area (Å²) in [6.07, 6.45) is 4.34. The molecule has 0 aromatic carbocycles. The number of hydrogen-bond acceptors (Lipinski definition) is 2. The Kier molecular flexibility index (Phi) is 2.22. The third-order valence-electron chi connectivity index (χ3n) is 1.50. The van der Waals surface area contributed by atoms with Crippen LogP contribution in [-0.4, -0.2) is 4.98 Å². The molecular weight excluding hydrogens is 136 g/mol. The summed E-state index contributed by atoms with van der Waals surface area (Å²) < 4.78 is 0. The van der Waals surface area contributed by atoms with Gasteiger partial charge in [0.15, 0.2) is 0 Å². The molecule has 0 spiro atoms. The molecule has 0 saturated heterocycles. The normalized spacial score (nSPS) is 9.64. The molecule has 0 bridgehead atoms. The average Bonchev–Trinajstić information content (AvgIpc) is 2.05. The van der Waals surface area contributed by atoms with Gasteiger partial charge < -0.3 is 0 Å². The zero-order valence-electron chi connectivity index (χ0n) is 6.63. The molecule has 55 valence electrons. The minimum absolute atomic E-state index is 0.421. The quantitative estimate of drug-likeness (QED) is 0.605. The summed E-state index contributed by atoms with van der Waals surface area (Å²) in [5, 5.41) is 8.52. The second-order valence-corrected chi connectivity index (χ2v) is 2.69. The summed E-state index contributed by atoms with van der Waals surface area (Å²) in [7, 11) is 0. The Balaban J connectivity index is 3.03.